The van der Waals surface area contributed by atoms with E-state index in [2.05, 4.69) is 14.9 Å². The van der Waals surface area contributed by atoms with Gasteiger partial charge in [0.05, 0.1) is 47.0 Å². The van der Waals surface area contributed by atoms with E-state index in [4.69, 9.17) is 21.8 Å². The molecule has 2 amide bonds. The Bertz CT molecular complexity index is 1630. The number of fused-ring (bicyclic) bond motifs is 1. The number of methoxy groups -OCH3 is 1. The lowest BCUT2D eigenvalue weighted by atomic mass is 9.83. The summed E-state index contributed by atoms with van der Waals surface area (Å²) in [6, 6.07) is 3.90. The highest BCUT2D eigenvalue weighted by Gasteiger charge is 2.53. The van der Waals surface area contributed by atoms with Crippen LogP contribution in [0.25, 0.3) is 11.5 Å². The minimum Gasteiger partial charge on any atom is -0.453 e. The number of anilines is 1. The number of ether oxygens (including phenoxy) is 1. The van der Waals surface area contributed by atoms with Crippen molar-refractivity contribution in [2.45, 2.75) is 49.0 Å². The maximum Gasteiger partial charge on any atom is 0.409 e. The number of rotatable bonds is 6. The number of alkyl carbamates (subject to hydrolysis) is 1. The molecule has 3 N–H and O–H groups in total. The van der Waals surface area contributed by atoms with Crippen molar-refractivity contribution in [3.05, 3.63) is 58.7 Å². The minimum absolute atomic E-state index is 0.175. The molecule has 1 unspecified atom stereocenters. The molecule has 2 heterocycles. The zero-order valence-electron chi connectivity index (χ0n) is 22.2. The van der Waals surface area contributed by atoms with Crippen LogP contribution >= 0.6 is 11.6 Å². The maximum atomic E-state index is 15.4. The number of carbonyl (C=O) groups excluding carboxylic acids is 2. The molecule has 11 nitrogen and oxygen atoms in total. The number of aromatic nitrogens is 2. The van der Waals surface area contributed by atoms with Crippen LogP contribution in [-0.4, -0.2) is 61.7 Å². The predicted octanol–water partition coefficient (Wildman–Crippen LogP) is 3.74. The smallest absolute Gasteiger partial charge is 0.409 e. The number of benzene rings is 2. The third kappa shape index (κ3) is 6.05. The van der Waals surface area contributed by atoms with E-state index in [0.717, 1.165) is 31.9 Å². The predicted molar refractivity (Wildman–Crippen MR) is 141 cm³/mol. The second-order valence-electron chi connectivity index (χ2n) is 9.98. The number of nitrogens with zero attached hydrogens (tertiary/aromatic N) is 3. The highest BCUT2D eigenvalue weighted by atomic mass is 35.5. The summed E-state index contributed by atoms with van der Waals surface area (Å²) in [5, 5.41) is 9.42. The molecule has 1 aliphatic rings. The number of hydrogen-bond donors (Lipinski definition) is 2. The zero-order chi connectivity index (χ0) is 31.2. The molecule has 0 saturated heterocycles. The van der Waals surface area contributed by atoms with Gasteiger partial charge >= 0.3 is 12.3 Å². The molecule has 0 saturated carbocycles. The standard InChI is InChI=1S/C25H24ClF4N5O6S/c1-24(2,21(25(28,29)30)32-23(37)40-3)22-34-33-19(41-22)14-8-17-18(9-15(14)27)42(38,39)11-16(31)20(36)35(17)10-12-4-6-13(26)7-5-12/h4-9,16,21H,10-11,31H2,1-3H3,(H,32,37)/t16-,21?/m0/s1. The van der Waals surface area contributed by atoms with Gasteiger partial charge in [-0.25, -0.2) is 17.6 Å². The van der Waals surface area contributed by atoms with Crippen LogP contribution < -0.4 is 16.0 Å². The Morgan fingerprint density at radius 1 is 1.24 bits per heavy atom. The number of sulfone groups is 1. The van der Waals surface area contributed by atoms with Crippen LogP contribution in [0.15, 0.2) is 45.7 Å². The monoisotopic (exact) mass is 633 g/mol. The molecule has 4 rings (SSSR count). The molecule has 17 heteroatoms. The van der Waals surface area contributed by atoms with Crippen molar-refractivity contribution in [3.63, 3.8) is 0 Å². The van der Waals surface area contributed by atoms with E-state index in [1.54, 1.807) is 29.6 Å². The Kier molecular flexibility index (Phi) is 8.28. The lowest BCUT2D eigenvalue weighted by molar-refractivity contribution is -0.169. The normalized spacial score (nSPS) is 17.8. The van der Waals surface area contributed by atoms with Crippen LogP contribution in [-0.2, 0) is 31.3 Å². The third-order valence-corrected chi connectivity index (χ3v) is 8.66. The minimum atomic E-state index is -4.99. The van der Waals surface area contributed by atoms with Gasteiger partial charge < -0.3 is 25.1 Å². The molecule has 2 atom stereocenters. The Balaban J connectivity index is 1.83. The van der Waals surface area contributed by atoms with E-state index in [0.29, 0.717) is 16.7 Å². The van der Waals surface area contributed by atoms with Gasteiger partial charge in [0.25, 0.3) is 5.89 Å². The molecule has 0 bridgehead atoms. The lowest BCUT2D eigenvalue weighted by Crippen LogP contribution is -2.56. The van der Waals surface area contributed by atoms with Crippen LogP contribution in [0.3, 0.4) is 0 Å². The van der Waals surface area contributed by atoms with Crippen LogP contribution in [0.1, 0.15) is 25.3 Å². The van der Waals surface area contributed by atoms with Crippen molar-refractivity contribution < 1.29 is 44.7 Å². The first-order chi connectivity index (χ1) is 19.5. The van der Waals surface area contributed by atoms with Crippen LogP contribution in [0.4, 0.5) is 28.0 Å². The summed E-state index contributed by atoms with van der Waals surface area (Å²) in [5.41, 5.74) is 3.61. The van der Waals surface area contributed by atoms with Crippen molar-refractivity contribution >= 4 is 39.1 Å². The van der Waals surface area contributed by atoms with Crippen molar-refractivity contribution in [2.24, 2.45) is 5.73 Å². The number of carbonyl (C=O) groups is 2. The van der Waals surface area contributed by atoms with E-state index in [1.165, 1.54) is 0 Å². The lowest BCUT2D eigenvalue weighted by Gasteiger charge is -2.32. The molecule has 0 aliphatic carbocycles. The van der Waals surface area contributed by atoms with Gasteiger partial charge in [-0.2, -0.15) is 13.2 Å². The van der Waals surface area contributed by atoms with Crippen molar-refractivity contribution in [3.8, 4) is 11.5 Å². The summed E-state index contributed by atoms with van der Waals surface area (Å²) >= 11 is 5.93. The average Bonchev–Trinajstić information content (AvgIpc) is 3.39. The maximum absolute atomic E-state index is 15.4. The molecule has 0 fully saturated rings. The van der Waals surface area contributed by atoms with Crippen molar-refractivity contribution in [2.75, 3.05) is 17.8 Å². The Labute approximate surface area is 241 Å². The second kappa shape index (κ2) is 11.1. The molecule has 1 aliphatic heterocycles. The van der Waals surface area contributed by atoms with E-state index >= 15 is 4.39 Å². The summed E-state index contributed by atoms with van der Waals surface area (Å²) < 4.78 is 92.9. The van der Waals surface area contributed by atoms with E-state index in [9.17, 15) is 31.2 Å². The summed E-state index contributed by atoms with van der Waals surface area (Å²) in [6.45, 7) is 1.95. The Morgan fingerprint density at radius 3 is 2.48 bits per heavy atom. The van der Waals surface area contributed by atoms with Gasteiger partial charge in [0.15, 0.2) is 9.84 Å². The fourth-order valence-corrected chi connectivity index (χ4v) is 6.08. The second-order valence-corrected chi connectivity index (χ2v) is 12.4. The molecule has 0 radical (unpaired) electrons. The van der Waals surface area contributed by atoms with Crippen LogP contribution in [0.2, 0.25) is 5.02 Å². The van der Waals surface area contributed by atoms with E-state index in [-0.39, 0.29) is 12.2 Å². The van der Waals surface area contributed by atoms with Crippen LogP contribution in [0, 0.1) is 5.82 Å². The largest absolute Gasteiger partial charge is 0.453 e. The highest BCUT2D eigenvalue weighted by Crippen LogP contribution is 2.40. The number of amides is 2. The summed E-state index contributed by atoms with van der Waals surface area (Å²) in [5.74, 6) is -3.98. The van der Waals surface area contributed by atoms with Gasteiger partial charge in [-0.05, 0) is 43.7 Å². The average molecular weight is 634 g/mol. The van der Waals surface area contributed by atoms with Crippen molar-refractivity contribution in [1.82, 2.24) is 15.5 Å². The van der Waals surface area contributed by atoms with Gasteiger partial charge in [0, 0.05) is 5.02 Å². The summed E-state index contributed by atoms with van der Waals surface area (Å²) in [6.07, 6.45) is -6.36. The van der Waals surface area contributed by atoms with Gasteiger partial charge in [-0.1, -0.05) is 23.7 Å². The number of halogens is 5. The van der Waals surface area contributed by atoms with E-state index < -0.39 is 79.3 Å². The zero-order valence-corrected chi connectivity index (χ0v) is 23.8. The first-order valence-electron chi connectivity index (χ1n) is 12.1. The molecule has 42 heavy (non-hydrogen) atoms. The Morgan fingerprint density at radius 2 is 1.88 bits per heavy atom. The van der Waals surface area contributed by atoms with Gasteiger partial charge in [0.2, 0.25) is 11.8 Å². The number of hydrogen-bond acceptors (Lipinski definition) is 9. The van der Waals surface area contributed by atoms with Crippen molar-refractivity contribution in [1.29, 1.82) is 0 Å². The first kappa shape index (κ1) is 31.2. The number of alkyl halides is 3. The number of nitrogens with two attached hydrogens (primary N) is 1. The molecule has 1 aromatic heterocycles. The fourth-order valence-electron chi connectivity index (χ4n) is 4.38. The fraction of sp³-hybridized carbons (Fsp3) is 0.360. The third-order valence-electron chi connectivity index (χ3n) is 6.61. The molecule has 3 aromatic rings. The topological polar surface area (TPSA) is 158 Å². The molecular formula is C25H24ClF4N5O6S. The van der Waals surface area contributed by atoms with Gasteiger partial charge in [-0.15, -0.1) is 10.2 Å². The molecular weight excluding hydrogens is 610 g/mol. The first-order valence-corrected chi connectivity index (χ1v) is 14.1. The van der Waals surface area contributed by atoms with Crippen LogP contribution in [0.5, 0.6) is 0 Å². The Hall–Kier alpha value is -3.76. The molecule has 226 valence electrons. The molecule has 2 aromatic carbocycles. The van der Waals surface area contributed by atoms with Gasteiger partial charge in [-0.3, -0.25) is 4.79 Å². The summed E-state index contributed by atoms with van der Waals surface area (Å²) in [7, 11) is -3.38. The SMILES string of the molecule is COC(=O)NC(C(F)(F)F)C(C)(C)c1nnc(-c2cc3c(cc2F)S(=O)(=O)C[C@H](N)C(=O)N3Cc2ccc(Cl)cc2)o1. The quantitative estimate of drug-likeness (QED) is 0.386. The summed E-state index contributed by atoms with van der Waals surface area (Å²) in [4.78, 5) is 25.4. The molecule has 0 spiro atoms. The van der Waals surface area contributed by atoms with E-state index in [1.807, 2.05) is 0 Å². The number of nitrogens with one attached hydrogen (secondary N) is 1. The highest BCUT2D eigenvalue weighted by molar-refractivity contribution is 7.91. The van der Waals surface area contributed by atoms with Gasteiger partial charge in [0.1, 0.15) is 11.9 Å².